The molecule has 0 aliphatic heterocycles. The molecule has 0 saturated carbocycles. The smallest absolute Gasteiger partial charge is 0.346 e. The first kappa shape index (κ1) is 14.4. The van der Waals surface area contributed by atoms with Crippen molar-refractivity contribution in [3.8, 4) is 5.75 Å². The molecule has 0 unspecified atom stereocenters. The summed E-state index contributed by atoms with van der Waals surface area (Å²) in [7, 11) is 0. The molecular weight excluding hydrogens is 276 g/mol. The van der Waals surface area contributed by atoms with E-state index in [1.54, 1.807) is 42.7 Å². The predicted molar refractivity (Wildman–Crippen MR) is 78.0 cm³/mol. The number of benzene rings is 1. The standard InChI is InChI=1S/C15H14O4S/c1-20-15(18)11-7-3-5-9-13(11)19-14(17)10-6-2-4-8-12(10)16/h3,5-9,16H,2,4H2,1H3. The molecule has 1 aromatic rings. The van der Waals surface area contributed by atoms with Gasteiger partial charge in [-0.25, -0.2) is 4.79 Å². The van der Waals surface area contributed by atoms with E-state index in [-0.39, 0.29) is 22.2 Å². The molecular formula is C15H14O4S. The highest BCUT2D eigenvalue weighted by Crippen LogP contribution is 2.25. The normalized spacial score (nSPS) is 14.2. The Bertz CT molecular complexity index is 602. The number of ether oxygens (including phenoxy) is 1. The largest absolute Gasteiger partial charge is 0.507 e. The fraction of sp³-hybridized carbons (Fsp3) is 0.200. The van der Waals surface area contributed by atoms with Gasteiger partial charge in [-0.1, -0.05) is 30.0 Å². The molecule has 1 aliphatic carbocycles. The van der Waals surface area contributed by atoms with E-state index in [2.05, 4.69) is 0 Å². The maximum Gasteiger partial charge on any atom is 0.346 e. The lowest BCUT2D eigenvalue weighted by molar-refractivity contribution is -0.130. The van der Waals surface area contributed by atoms with Crippen LogP contribution in [-0.4, -0.2) is 22.4 Å². The van der Waals surface area contributed by atoms with Gasteiger partial charge in [-0.05, 0) is 37.3 Å². The van der Waals surface area contributed by atoms with Crippen molar-refractivity contribution >= 4 is 22.8 Å². The van der Waals surface area contributed by atoms with E-state index in [1.807, 2.05) is 0 Å². The SMILES string of the molecule is CSC(=O)c1ccccc1OC(=O)C1=CCCC=C1O. The third-order valence-electron chi connectivity index (χ3n) is 2.84. The molecule has 5 heteroatoms. The van der Waals surface area contributed by atoms with Gasteiger partial charge >= 0.3 is 5.97 Å². The lowest BCUT2D eigenvalue weighted by Gasteiger charge is -2.12. The maximum absolute atomic E-state index is 12.0. The number of allylic oxidation sites excluding steroid dienone is 2. The van der Waals surface area contributed by atoms with Crippen LogP contribution in [0.1, 0.15) is 23.2 Å². The van der Waals surface area contributed by atoms with Gasteiger partial charge in [0.2, 0.25) is 5.12 Å². The first-order chi connectivity index (χ1) is 9.63. The van der Waals surface area contributed by atoms with Crippen LogP contribution in [0.4, 0.5) is 0 Å². The van der Waals surface area contributed by atoms with Gasteiger partial charge in [0.1, 0.15) is 11.5 Å². The number of hydrogen-bond donors (Lipinski definition) is 1. The number of carbonyl (C=O) groups excluding carboxylic acids is 2. The molecule has 1 aliphatic rings. The first-order valence-electron chi connectivity index (χ1n) is 6.12. The molecule has 1 N–H and O–H groups in total. The Morgan fingerprint density at radius 2 is 1.90 bits per heavy atom. The van der Waals surface area contributed by atoms with Gasteiger partial charge in [0.05, 0.1) is 11.1 Å². The van der Waals surface area contributed by atoms with E-state index in [9.17, 15) is 14.7 Å². The van der Waals surface area contributed by atoms with Crippen LogP contribution in [0, 0.1) is 0 Å². The van der Waals surface area contributed by atoms with Gasteiger partial charge in [0.25, 0.3) is 0 Å². The van der Waals surface area contributed by atoms with Gasteiger partial charge in [0.15, 0.2) is 0 Å². The zero-order valence-corrected chi connectivity index (χ0v) is 11.8. The summed E-state index contributed by atoms with van der Waals surface area (Å²) in [6, 6.07) is 6.56. The number of rotatable bonds is 3. The summed E-state index contributed by atoms with van der Waals surface area (Å²) < 4.78 is 5.24. The Morgan fingerprint density at radius 3 is 2.60 bits per heavy atom. The molecule has 0 saturated heterocycles. The quantitative estimate of drug-likeness (QED) is 0.684. The highest BCUT2D eigenvalue weighted by Gasteiger charge is 2.20. The molecule has 20 heavy (non-hydrogen) atoms. The summed E-state index contributed by atoms with van der Waals surface area (Å²) in [5, 5.41) is 9.49. The van der Waals surface area contributed by atoms with Crippen molar-refractivity contribution in [1.82, 2.24) is 0 Å². The average Bonchev–Trinajstić information content (AvgIpc) is 2.47. The zero-order chi connectivity index (χ0) is 14.5. The van der Waals surface area contributed by atoms with E-state index in [1.165, 1.54) is 0 Å². The van der Waals surface area contributed by atoms with Crippen LogP contribution < -0.4 is 4.74 Å². The number of hydrogen-bond acceptors (Lipinski definition) is 5. The Morgan fingerprint density at radius 1 is 1.20 bits per heavy atom. The van der Waals surface area contributed by atoms with Crippen LogP contribution in [-0.2, 0) is 4.79 Å². The van der Waals surface area contributed by atoms with Crippen molar-refractivity contribution < 1.29 is 19.4 Å². The van der Waals surface area contributed by atoms with Crippen molar-refractivity contribution in [2.75, 3.05) is 6.26 Å². The molecule has 1 aromatic carbocycles. The van der Waals surface area contributed by atoms with Crippen LogP contribution in [0.25, 0.3) is 0 Å². The molecule has 0 fully saturated rings. The van der Waals surface area contributed by atoms with Gasteiger partial charge in [-0.3, -0.25) is 4.79 Å². The van der Waals surface area contributed by atoms with E-state index in [0.29, 0.717) is 18.4 Å². The number of thioether (sulfide) groups is 1. The molecule has 0 atom stereocenters. The summed E-state index contributed by atoms with van der Waals surface area (Å²) in [5.41, 5.74) is 0.482. The summed E-state index contributed by atoms with van der Waals surface area (Å²) in [6.07, 6.45) is 6.26. The molecule has 4 nitrogen and oxygen atoms in total. The van der Waals surface area contributed by atoms with Crippen molar-refractivity contribution in [2.24, 2.45) is 0 Å². The third kappa shape index (κ3) is 3.11. The number of esters is 1. The summed E-state index contributed by atoms with van der Waals surface area (Å²) in [6.45, 7) is 0. The Hall–Kier alpha value is -2.01. The molecule has 104 valence electrons. The van der Waals surface area contributed by atoms with Gasteiger partial charge in [0, 0.05) is 0 Å². The summed E-state index contributed by atoms with van der Waals surface area (Å²) >= 11 is 1.05. The fourth-order valence-corrected chi connectivity index (χ4v) is 2.23. The predicted octanol–water partition coefficient (Wildman–Crippen LogP) is 3.26. The zero-order valence-electron chi connectivity index (χ0n) is 11.0. The molecule has 0 radical (unpaired) electrons. The van der Waals surface area contributed by atoms with E-state index in [4.69, 9.17) is 4.74 Å². The third-order valence-corrected chi connectivity index (χ3v) is 3.43. The minimum atomic E-state index is -0.653. The van der Waals surface area contributed by atoms with Crippen molar-refractivity contribution in [3.63, 3.8) is 0 Å². The van der Waals surface area contributed by atoms with Gasteiger partial charge in [-0.2, -0.15) is 0 Å². The van der Waals surface area contributed by atoms with Crippen molar-refractivity contribution in [1.29, 1.82) is 0 Å². The fourth-order valence-electron chi connectivity index (χ4n) is 1.84. The lowest BCUT2D eigenvalue weighted by Crippen LogP contribution is -2.15. The Kier molecular flexibility index (Phi) is 4.63. The van der Waals surface area contributed by atoms with Crippen LogP contribution in [0.15, 0.2) is 47.7 Å². The first-order valence-corrected chi connectivity index (χ1v) is 7.35. The monoisotopic (exact) mass is 290 g/mol. The van der Waals surface area contributed by atoms with Crippen LogP contribution in [0.3, 0.4) is 0 Å². The molecule has 0 amide bonds. The van der Waals surface area contributed by atoms with Crippen molar-refractivity contribution in [3.05, 3.63) is 53.3 Å². The molecule has 2 rings (SSSR count). The minimum Gasteiger partial charge on any atom is -0.507 e. The van der Waals surface area contributed by atoms with E-state index in [0.717, 1.165) is 11.8 Å². The van der Waals surface area contributed by atoms with E-state index >= 15 is 0 Å². The topological polar surface area (TPSA) is 63.6 Å². The summed E-state index contributed by atoms with van der Waals surface area (Å²) in [4.78, 5) is 23.8. The van der Waals surface area contributed by atoms with Crippen molar-refractivity contribution in [2.45, 2.75) is 12.8 Å². The highest BCUT2D eigenvalue weighted by atomic mass is 32.2. The number of aliphatic hydroxyl groups is 1. The van der Waals surface area contributed by atoms with Crippen LogP contribution in [0.2, 0.25) is 0 Å². The minimum absolute atomic E-state index is 0.0741. The second-order valence-corrected chi connectivity index (χ2v) is 4.94. The van der Waals surface area contributed by atoms with Gasteiger partial charge < -0.3 is 9.84 Å². The molecule has 0 aromatic heterocycles. The maximum atomic E-state index is 12.0. The summed E-state index contributed by atoms with van der Waals surface area (Å²) in [5.74, 6) is -0.522. The van der Waals surface area contributed by atoms with Crippen LogP contribution >= 0.6 is 11.8 Å². The average molecular weight is 290 g/mol. The molecule has 0 spiro atoms. The number of aliphatic hydroxyl groups excluding tert-OH is 1. The molecule has 0 heterocycles. The molecule has 0 bridgehead atoms. The highest BCUT2D eigenvalue weighted by molar-refractivity contribution is 8.13. The number of carbonyl (C=O) groups is 2. The van der Waals surface area contributed by atoms with Gasteiger partial charge in [-0.15, -0.1) is 0 Å². The lowest BCUT2D eigenvalue weighted by atomic mass is 10.1. The second-order valence-electron chi connectivity index (χ2n) is 4.16. The van der Waals surface area contributed by atoms with E-state index < -0.39 is 5.97 Å². The Labute approximate surface area is 121 Å². The second kappa shape index (κ2) is 6.43. The number of para-hydroxylation sites is 1. The Balaban J connectivity index is 2.22. The van der Waals surface area contributed by atoms with Crippen LogP contribution in [0.5, 0.6) is 5.75 Å².